The molecule has 1 aromatic rings. The minimum atomic E-state index is -0.764. The Morgan fingerprint density at radius 2 is 2.14 bits per heavy atom. The number of carboxylic acids is 1. The Bertz CT molecular complexity index is 501. The lowest BCUT2D eigenvalue weighted by atomic mass is 9.79. The number of aromatic nitrogens is 1. The number of methoxy groups -OCH3 is 1. The Morgan fingerprint density at radius 1 is 1.38 bits per heavy atom. The molecule has 2 atom stereocenters. The van der Waals surface area contributed by atoms with E-state index in [0.29, 0.717) is 24.4 Å². The summed E-state index contributed by atoms with van der Waals surface area (Å²) >= 11 is 0. The summed E-state index contributed by atoms with van der Waals surface area (Å²) in [6.45, 7) is 0.391. The van der Waals surface area contributed by atoms with Gasteiger partial charge in [0.05, 0.1) is 18.6 Å². The highest BCUT2D eigenvalue weighted by molar-refractivity contribution is 5.93. The molecule has 1 saturated carbocycles. The van der Waals surface area contributed by atoms with Gasteiger partial charge in [-0.25, -0.2) is 4.98 Å². The molecular formula is C15H20N2O4. The van der Waals surface area contributed by atoms with Gasteiger partial charge in [-0.1, -0.05) is 12.8 Å². The number of hydrogen-bond donors (Lipinski definition) is 2. The summed E-state index contributed by atoms with van der Waals surface area (Å²) in [5.41, 5.74) is 0.443. The maximum Gasteiger partial charge on any atom is 0.306 e. The summed E-state index contributed by atoms with van der Waals surface area (Å²) in [6, 6.07) is 3.26. The predicted octanol–water partition coefficient (Wildman–Crippen LogP) is 1.71. The van der Waals surface area contributed by atoms with Gasteiger partial charge in [0.2, 0.25) is 5.88 Å². The van der Waals surface area contributed by atoms with Gasteiger partial charge in [-0.15, -0.1) is 0 Å². The zero-order valence-electron chi connectivity index (χ0n) is 12.0. The summed E-state index contributed by atoms with van der Waals surface area (Å²) < 4.78 is 4.94. The molecule has 2 unspecified atom stereocenters. The SMILES string of the molecule is COc1ccc(C(=O)NCC2CCCCC2C(=O)O)cn1. The van der Waals surface area contributed by atoms with Crippen molar-refractivity contribution in [3.05, 3.63) is 23.9 Å². The lowest BCUT2D eigenvalue weighted by Gasteiger charge is -2.28. The van der Waals surface area contributed by atoms with E-state index in [-0.39, 0.29) is 17.7 Å². The van der Waals surface area contributed by atoms with Crippen molar-refractivity contribution in [2.24, 2.45) is 11.8 Å². The van der Waals surface area contributed by atoms with Gasteiger partial charge >= 0.3 is 5.97 Å². The van der Waals surface area contributed by atoms with E-state index in [2.05, 4.69) is 10.3 Å². The average Bonchev–Trinajstić information content (AvgIpc) is 2.52. The molecule has 1 heterocycles. The van der Waals surface area contributed by atoms with Crippen molar-refractivity contribution < 1.29 is 19.4 Å². The van der Waals surface area contributed by atoms with Crippen LogP contribution in [-0.4, -0.2) is 35.6 Å². The van der Waals surface area contributed by atoms with Crippen molar-refractivity contribution in [1.82, 2.24) is 10.3 Å². The maximum absolute atomic E-state index is 12.0. The van der Waals surface area contributed by atoms with Gasteiger partial charge in [-0.3, -0.25) is 9.59 Å². The first kappa shape index (κ1) is 15.3. The Labute approximate surface area is 123 Å². The van der Waals surface area contributed by atoms with Gasteiger partial charge in [0.25, 0.3) is 5.91 Å². The molecule has 0 aliphatic heterocycles. The fourth-order valence-electron chi connectivity index (χ4n) is 2.74. The third kappa shape index (κ3) is 3.93. The maximum atomic E-state index is 12.0. The molecule has 1 fully saturated rings. The normalized spacial score (nSPS) is 21.6. The van der Waals surface area contributed by atoms with Crippen LogP contribution in [-0.2, 0) is 4.79 Å². The van der Waals surface area contributed by atoms with Crippen molar-refractivity contribution in [3.8, 4) is 5.88 Å². The number of carbonyl (C=O) groups is 2. The minimum absolute atomic E-state index is 0.00593. The highest BCUT2D eigenvalue weighted by Gasteiger charge is 2.30. The molecular weight excluding hydrogens is 272 g/mol. The van der Waals surface area contributed by atoms with E-state index in [1.165, 1.54) is 13.3 Å². The highest BCUT2D eigenvalue weighted by Crippen LogP contribution is 2.29. The van der Waals surface area contributed by atoms with Crippen LogP contribution in [0.1, 0.15) is 36.0 Å². The molecule has 2 N–H and O–H groups in total. The monoisotopic (exact) mass is 292 g/mol. The lowest BCUT2D eigenvalue weighted by molar-refractivity contribution is -0.144. The standard InChI is InChI=1S/C15H20N2O4/c1-21-13-7-6-11(9-16-13)14(18)17-8-10-4-2-3-5-12(10)15(19)20/h6-7,9-10,12H,2-5,8H2,1H3,(H,17,18)(H,19,20). The quantitative estimate of drug-likeness (QED) is 0.862. The van der Waals surface area contributed by atoms with Crippen molar-refractivity contribution in [2.45, 2.75) is 25.7 Å². The minimum Gasteiger partial charge on any atom is -0.481 e. The third-order valence-corrected chi connectivity index (χ3v) is 3.96. The van der Waals surface area contributed by atoms with Gasteiger partial charge in [0.1, 0.15) is 0 Å². The Balaban J connectivity index is 1.91. The topological polar surface area (TPSA) is 88.5 Å². The number of rotatable bonds is 5. The summed E-state index contributed by atoms with van der Waals surface area (Å²) in [4.78, 5) is 27.2. The second-order valence-electron chi connectivity index (χ2n) is 5.29. The number of aliphatic carboxylic acids is 1. The number of amides is 1. The van der Waals surface area contributed by atoms with Crippen molar-refractivity contribution >= 4 is 11.9 Å². The van der Waals surface area contributed by atoms with Gasteiger partial charge in [0.15, 0.2) is 0 Å². The van der Waals surface area contributed by atoms with Crippen molar-refractivity contribution in [1.29, 1.82) is 0 Å². The van der Waals surface area contributed by atoms with Gasteiger partial charge in [0, 0.05) is 18.8 Å². The van der Waals surface area contributed by atoms with E-state index >= 15 is 0 Å². The molecule has 0 bridgehead atoms. The number of carbonyl (C=O) groups excluding carboxylic acids is 1. The van der Waals surface area contributed by atoms with Crippen LogP contribution in [0, 0.1) is 11.8 Å². The van der Waals surface area contributed by atoms with E-state index in [1.807, 2.05) is 0 Å². The van der Waals surface area contributed by atoms with Crippen LogP contribution in [0.25, 0.3) is 0 Å². The molecule has 1 aliphatic carbocycles. The summed E-state index contributed by atoms with van der Waals surface area (Å²) in [6.07, 6.45) is 4.96. The lowest BCUT2D eigenvalue weighted by Crippen LogP contribution is -2.37. The first-order valence-corrected chi connectivity index (χ1v) is 7.13. The zero-order chi connectivity index (χ0) is 15.2. The number of nitrogens with zero attached hydrogens (tertiary/aromatic N) is 1. The van der Waals surface area contributed by atoms with Gasteiger partial charge in [-0.2, -0.15) is 0 Å². The average molecular weight is 292 g/mol. The van der Waals surface area contributed by atoms with Crippen LogP contribution >= 0.6 is 0 Å². The van der Waals surface area contributed by atoms with Crippen molar-refractivity contribution in [2.75, 3.05) is 13.7 Å². The molecule has 0 spiro atoms. The smallest absolute Gasteiger partial charge is 0.306 e. The van der Waals surface area contributed by atoms with E-state index in [9.17, 15) is 14.7 Å². The fraction of sp³-hybridized carbons (Fsp3) is 0.533. The molecule has 114 valence electrons. The zero-order valence-corrected chi connectivity index (χ0v) is 12.0. The number of pyridine rings is 1. The third-order valence-electron chi connectivity index (χ3n) is 3.96. The first-order chi connectivity index (χ1) is 10.1. The number of carboxylic acid groups (broad SMARTS) is 1. The molecule has 6 nitrogen and oxygen atoms in total. The van der Waals surface area contributed by atoms with Crippen LogP contribution in [0.5, 0.6) is 5.88 Å². The largest absolute Gasteiger partial charge is 0.481 e. The Morgan fingerprint density at radius 3 is 2.76 bits per heavy atom. The molecule has 1 aromatic heterocycles. The number of nitrogens with one attached hydrogen (secondary N) is 1. The number of ether oxygens (including phenoxy) is 1. The summed E-state index contributed by atoms with van der Waals surface area (Å²) in [5, 5.41) is 12.0. The fourth-order valence-corrected chi connectivity index (χ4v) is 2.74. The molecule has 1 amide bonds. The second kappa shape index (κ2) is 7.06. The van der Waals surface area contributed by atoms with Crippen LogP contribution in [0.3, 0.4) is 0 Å². The van der Waals surface area contributed by atoms with Gasteiger partial charge < -0.3 is 15.2 Å². The van der Waals surface area contributed by atoms with Crippen LogP contribution in [0.4, 0.5) is 0 Å². The van der Waals surface area contributed by atoms with Crippen LogP contribution < -0.4 is 10.1 Å². The summed E-state index contributed by atoms with van der Waals surface area (Å²) in [5.74, 6) is -0.899. The van der Waals surface area contributed by atoms with Gasteiger partial charge in [-0.05, 0) is 24.8 Å². The molecule has 6 heteroatoms. The Hall–Kier alpha value is -2.11. The molecule has 1 aliphatic rings. The second-order valence-corrected chi connectivity index (χ2v) is 5.29. The molecule has 2 rings (SSSR count). The molecule has 0 aromatic carbocycles. The highest BCUT2D eigenvalue weighted by atomic mass is 16.5. The predicted molar refractivity (Wildman–Crippen MR) is 76.2 cm³/mol. The van der Waals surface area contributed by atoms with E-state index in [0.717, 1.165) is 19.3 Å². The van der Waals surface area contributed by atoms with Crippen LogP contribution in [0.15, 0.2) is 18.3 Å². The molecule has 21 heavy (non-hydrogen) atoms. The van der Waals surface area contributed by atoms with E-state index in [4.69, 9.17) is 4.74 Å². The first-order valence-electron chi connectivity index (χ1n) is 7.13. The Kier molecular flexibility index (Phi) is 5.14. The van der Waals surface area contributed by atoms with Crippen molar-refractivity contribution in [3.63, 3.8) is 0 Å². The number of hydrogen-bond acceptors (Lipinski definition) is 4. The van der Waals surface area contributed by atoms with E-state index < -0.39 is 5.97 Å². The van der Waals surface area contributed by atoms with Crippen LogP contribution in [0.2, 0.25) is 0 Å². The van der Waals surface area contributed by atoms with E-state index in [1.54, 1.807) is 12.1 Å². The molecule has 0 radical (unpaired) electrons. The summed E-state index contributed by atoms with van der Waals surface area (Å²) in [7, 11) is 1.51. The molecule has 0 saturated heterocycles.